The van der Waals surface area contributed by atoms with Gasteiger partial charge in [0.1, 0.15) is 0 Å². The SMILES string of the molecule is C=C(C)/C(C/C(C)=C/C=C\C=C(/C)F)=C(\C)C(C)C. The summed E-state index contributed by atoms with van der Waals surface area (Å²) in [4.78, 5) is 0. The number of allylic oxidation sites excluding steroid dienone is 9. The topological polar surface area (TPSA) is 0 Å². The Hall–Kier alpha value is -1.37. The lowest BCUT2D eigenvalue weighted by molar-refractivity contribution is 0.640. The van der Waals surface area contributed by atoms with Gasteiger partial charge in [-0.25, -0.2) is 4.39 Å². The van der Waals surface area contributed by atoms with Gasteiger partial charge >= 0.3 is 0 Å². The summed E-state index contributed by atoms with van der Waals surface area (Å²) in [5.41, 5.74) is 5.10. The Bertz CT molecular complexity index is 425. The largest absolute Gasteiger partial charge is 0.212 e. The minimum Gasteiger partial charge on any atom is -0.212 e. The van der Waals surface area contributed by atoms with Gasteiger partial charge in [-0.3, -0.25) is 0 Å². The molecule has 106 valence electrons. The molecule has 0 atom stereocenters. The third-order valence-corrected chi connectivity index (χ3v) is 3.13. The van der Waals surface area contributed by atoms with Crippen LogP contribution in [0.15, 0.2) is 59.0 Å². The van der Waals surface area contributed by atoms with Crippen molar-refractivity contribution < 1.29 is 4.39 Å². The van der Waals surface area contributed by atoms with Crippen molar-refractivity contribution in [2.24, 2.45) is 5.92 Å². The molecule has 0 aliphatic heterocycles. The molecule has 0 amide bonds. The molecule has 0 nitrogen and oxygen atoms in total. The first-order valence-corrected chi connectivity index (χ1v) is 6.77. The van der Waals surface area contributed by atoms with Crippen molar-refractivity contribution >= 4 is 0 Å². The predicted molar refractivity (Wildman–Crippen MR) is 84.7 cm³/mol. The second-order valence-electron chi connectivity index (χ2n) is 5.42. The maximum Gasteiger partial charge on any atom is 0.0968 e. The van der Waals surface area contributed by atoms with E-state index in [-0.39, 0.29) is 5.83 Å². The summed E-state index contributed by atoms with van der Waals surface area (Å²) in [5, 5.41) is 0. The van der Waals surface area contributed by atoms with Crippen molar-refractivity contribution in [3.05, 3.63) is 59.0 Å². The zero-order chi connectivity index (χ0) is 15.0. The van der Waals surface area contributed by atoms with Crippen LogP contribution in [-0.4, -0.2) is 0 Å². The minimum atomic E-state index is -0.180. The smallest absolute Gasteiger partial charge is 0.0968 e. The van der Waals surface area contributed by atoms with Gasteiger partial charge in [0.15, 0.2) is 0 Å². The van der Waals surface area contributed by atoms with Crippen LogP contribution in [0.2, 0.25) is 0 Å². The second-order valence-corrected chi connectivity index (χ2v) is 5.42. The van der Waals surface area contributed by atoms with Crippen LogP contribution in [0.1, 0.15) is 48.0 Å². The molecule has 0 fully saturated rings. The highest BCUT2D eigenvalue weighted by molar-refractivity contribution is 5.36. The zero-order valence-electron chi connectivity index (χ0n) is 13.2. The van der Waals surface area contributed by atoms with Gasteiger partial charge in [-0.2, -0.15) is 0 Å². The highest BCUT2D eigenvalue weighted by atomic mass is 19.1. The summed E-state index contributed by atoms with van der Waals surface area (Å²) in [6.07, 6.45) is 7.98. The van der Waals surface area contributed by atoms with Crippen LogP contribution in [0.5, 0.6) is 0 Å². The molecular formula is C18H27F. The molecule has 0 spiro atoms. The highest BCUT2D eigenvalue weighted by Crippen LogP contribution is 2.25. The first kappa shape index (κ1) is 17.6. The molecule has 0 heterocycles. The molecule has 0 unspecified atom stereocenters. The van der Waals surface area contributed by atoms with E-state index in [2.05, 4.69) is 41.2 Å². The summed E-state index contributed by atoms with van der Waals surface area (Å²) in [6.45, 7) is 16.2. The number of hydrogen-bond acceptors (Lipinski definition) is 0. The maximum absolute atomic E-state index is 12.5. The summed E-state index contributed by atoms with van der Waals surface area (Å²) >= 11 is 0. The normalized spacial score (nSPS) is 15.2. The molecule has 0 rings (SSSR count). The van der Waals surface area contributed by atoms with E-state index in [1.54, 1.807) is 6.08 Å². The van der Waals surface area contributed by atoms with Gasteiger partial charge in [0.2, 0.25) is 0 Å². The average Bonchev–Trinajstić information content (AvgIpc) is 2.30. The molecule has 0 saturated carbocycles. The monoisotopic (exact) mass is 262 g/mol. The second kappa shape index (κ2) is 8.68. The molecule has 0 aliphatic carbocycles. The van der Waals surface area contributed by atoms with Gasteiger partial charge in [0.05, 0.1) is 5.83 Å². The number of halogens is 1. The molecule has 1 heteroatoms. The summed E-state index contributed by atoms with van der Waals surface area (Å²) < 4.78 is 12.5. The lowest BCUT2D eigenvalue weighted by Gasteiger charge is -2.15. The van der Waals surface area contributed by atoms with Crippen LogP contribution in [0.25, 0.3) is 0 Å². The minimum absolute atomic E-state index is 0.180. The van der Waals surface area contributed by atoms with Gasteiger partial charge in [-0.05, 0) is 51.7 Å². The van der Waals surface area contributed by atoms with Gasteiger partial charge < -0.3 is 0 Å². The summed E-state index contributed by atoms with van der Waals surface area (Å²) in [5.74, 6) is 0.354. The molecule has 0 aromatic heterocycles. The predicted octanol–water partition coefficient (Wildman–Crippen LogP) is 6.30. The van der Waals surface area contributed by atoms with Gasteiger partial charge in [0.25, 0.3) is 0 Å². The number of hydrogen-bond donors (Lipinski definition) is 0. The Morgan fingerprint density at radius 3 is 2.00 bits per heavy atom. The molecule has 0 N–H and O–H groups in total. The van der Waals surface area contributed by atoms with Crippen LogP contribution in [0.3, 0.4) is 0 Å². The molecule has 0 bridgehead atoms. The number of rotatable bonds is 6. The summed E-state index contributed by atoms with van der Waals surface area (Å²) in [7, 11) is 0. The van der Waals surface area contributed by atoms with E-state index in [0.29, 0.717) is 5.92 Å². The van der Waals surface area contributed by atoms with E-state index >= 15 is 0 Å². The van der Waals surface area contributed by atoms with Crippen molar-refractivity contribution in [2.45, 2.75) is 48.0 Å². The van der Waals surface area contributed by atoms with Crippen LogP contribution >= 0.6 is 0 Å². The van der Waals surface area contributed by atoms with Crippen LogP contribution < -0.4 is 0 Å². The Labute approximate surface area is 118 Å². The molecule has 0 radical (unpaired) electrons. The van der Waals surface area contributed by atoms with Gasteiger partial charge in [-0.1, -0.05) is 55.4 Å². The third kappa shape index (κ3) is 7.61. The average molecular weight is 262 g/mol. The standard InChI is InChI=1S/C18H27F/c1-13(2)17(7)18(14(3)4)12-15(5)10-8-9-11-16(6)19/h8-11,13H,3,12H2,1-2,4-7H3/b9-8-,15-10+,16-11+,18-17+. The molecule has 0 aromatic rings. The molecule has 19 heavy (non-hydrogen) atoms. The van der Waals surface area contributed by atoms with Gasteiger partial charge in [-0.15, -0.1) is 0 Å². The fourth-order valence-electron chi connectivity index (χ4n) is 1.72. The lowest BCUT2D eigenvalue weighted by atomic mass is 9.90. The Balaban J connectivity index is 4.94. The van der Waals surface area contributed by atoms with E-state index in [9.17, 15) is 4.39 Å². The first-order valence-electron chi connectivity index (χ1n) is 6.77. The first-order chi connectivity index (χ1) is 8.75. The van der Waals surface area contributed by atoms with E-state index in [1.807, 2.05) is 12.2 Å². The van der Waals surface area contributed by atoms with Crippen molar-refractivity contribution in [1.82, 2.24) is 0 Å². The van der Waals surface area contributed by atoms with E-state index in [0.717, 1.165) is 12.0 Å². The quantitative estimate of drug-likeness (QED) is 0.493. The van der Waals surface area contributed by atoms with E-state index < -0.39 is 0 Å². The van der Waals surface area contributed by atoms with E-state index in [4.69, 9.17) is 0 Å². The van der Waals surface area contributed by atoms with Crippen LogP contribution in [0, 0.1) is 5.92 Å². The molecule has 0 saturated heterocycles. The summed E-state index contributed by atoms with van der Waals surface area (Å²) in [6, 6.07) is 0. The molecule has 0 aliphatic rings. The third-order valence-electron chi connectivity index (χ3n) is 3.13. The maximum atomic E-state index is 12.5. The van der Waals surface area contributed by atoms with Crippen LogP contribution in [-0.2, 0) is 0 Å². The van der Waals surface area contributed by atoms with E-state index in [1.165, 1.54) is 29.7 Å². The zero-order valence-corrected chi connectivity index (χ0v) is 13.2. The van der Waals surface area contributed by atoms with Crippen LogP contribution in [0.4, 0.5) is 4.39 Å². The van der Waals surface area contributed by atoms with Crippen molar-refractivity contribution in [2.75, 3.05) is 0 Å². The molecular weight excluding hydrogens is 235 g/mol. The Morgan fingerprint density at radius 1 is 1.05 bits per heavy atom. The lowest BCUT2D eigenvalue weighted by Crippen LogP contribution is -1.98. The van der Waals surface area contributed by atoms with Crippen molar-refractivity contribution in [3.63, 3.8) is 0 Å². The fraction of sp³-hybridized carbons (Fsp3) is 0.444. The van der Waals surface area contributed by atoms with Crippen molar-refractivity contribution in [1.29, 1.82) is 0 Å². The Morgan fingerprint density at radius 2 is 1.58 bits per heavy atom. The van der Waals surface area contributed by atoms with Crippen molar-refractivity contribution in [3.8, 4) is 0 Å². The highest BCUT2D eigenvalue weighted by Gasteiger charge is 2.07. The molecule has 0 aromatic carbocycles. The Kier molecular flexibility index (Phi) is 8.06. The van der Waals surface area contributed by atoms with Gasteiger partial charge in [0, 0.05) is 0 Å². The fourth-order valence-corrected chi connectivity index (χ4v) is 1.72.